The van der Waals surface area contributed by atoms with Gasteiger partial charge in [0.05, 0.1) is 24.1 Å². The molecule has 0 bridgehead atoms. The Morgan fingerprint density at radius 3 is 2.80 bits per heavy atom. The summed E-state index contributed by atoms with van der Waals surface area (Å²) < 4.78 is 7.18. The van der Waals surface area contributed by atoms with Gasteiger partial charge >= 0.3 is 0 Å². The first kappa shape index (κ1) is 18.1. The molecule has 1 aliphatic rings. The Labute approximate surface area is 150 Å². The van der Waals surface area contributed by atoms with E-state index < -0.39 is 5.60 Å². The monoisotopic (exact) mass is 343 g/mol. The lowest BCUT2D eigenvalue weighted by Crippen LogP contribution is -2.59. The van der Waals surface area contributed by atoms with E-state index in [1.165, 1.54) is 11.1 Å². The number of hydrogen-bond acceptors (Lipinski definition) is 4. The topological polar surface area (TPSA) is 50.5 Å². The first-order valence-corrected chi connectivity index (χ1v) is 8.87. The van der Waals surface area contributed by atoms with Gasteiger partial charge in [-0.1, -0.05) is 26.0 Å². The van der Waals surface area contributed by atoms with E-state index in [1.54, 1.807) is 7.11 Å². The average molecular weight is 343 g/mol. The van der Waals surface area contributed by atoms with E-state index in [-0.39, 0.29) is 5.41 Å². The summed E-state index contributed by atoms with van der Waals surface area (Å²) in [5.41, 5.74) is 2.52. The van der Waals surface area contributed by atoms with Gasteiger partial charge in [-0.2, -0.15) is 5.10 Å². The second-order valence-electron chi connectivity index (χ2n) is 7.94. The third kappa shape index (κ3) is 3.78. The lowest BCUT2D eigenvalue weighted by atomic mass is 9.70. The molecule has 0 aliphatic carbocycles. The third-order valence-electron chi connectivity index (χ3n) is 5.41. The Balaban J connectivity index is 1.68. The second-order valence-corrected chi connectivity index (χ2v) is 7.94. The van der Waals surface area contributed by atoms with Crippen LogP contribution in [0.5, 0.6) is 0 Å². The molecule has 0 amide bonds. The molecule has 0 saturated carbocycles. The van der Waals surface area contributed by atoms with E-state index in [9.17, 15) is 5.11 Å². The van der Waals surface area contributed by atoms with Crippen molar-refractivity contribution in [2.24, 2.45) is 5.41 Å². The normalized spacial score (nSPS) is 23.7. The molecule has 2 aromatic rings. The molecule has 0 spiro atoms. The molecule has 5 nitrogen and oxygen atoms in total. The highest BCUT2D eigenvalue weighted by atomic mass is 16.5. The van der Waals surface area contributed by atoms with E-state index in [1.807, 2.05) is 10.9 Å². The van der Waals surface area contributed by atoms with Crippen molar-refractivity contribution in [3.05, 3.63) is 47.8 Å². The molecule has 1 unspecified atom stereocenters. The van der Waals surface area contributed by atoms with Crippen LogP contribution in [-0.4, -0.2) is 52.2 Å². The van der Waals surface area contributed by atoms with Crippen molar-refractivity contribution < 1.29 is 9.84 Å². The predicted octanol–water partition coefficient (Wildman–Crippen LogP) is 2.79. The van der Waals surface area contributed by atoms with Crippen LogP contribution in [0.25, 0.3) is 5.69 Å². The van der Waals surface area contributed by atoms with Crippen LogP contribution < -0.4 is 0 Å². The van der Waals surface area contributed by atoms with Gasteiger partial charge in [-0.05, 0) is 31.0 Å². The van der Waals surface area contributed by atoms with Gasteiger partial charge in [-0.25, -0.2) is 4.68 Å². The Morgan fingerprint density at radius 1 is 1.32 bits per heavy atom. The minimum atomic E-state index is -0.760. The number of piperidine rings is 1. The van der Waals surface area contributed by atoms with E-state index in [0.717, 1.165) is 31.7 Å². The fourth-order valence-corrected chi connectivity index (χ4v) is 3.72. The molecule has 1 aromatic heterocycles. The summed E-state index contributed by atoms with van der Waals surface area (Å²) in [5.74, 6) is 0. The maximum absolute atomic E-state index is 10.9. The number of methoxy groups -OCH3 is 1. The van der Waals surface area contributed by atoms with Gasteiger partial charge in [0.2, 0.25) is 0 Å². The fourth-order valence-electron chi connectivity index (χ4n) is 3.72. The van der Waals surface area contributed by atoms with Gasteiger partial charge in [-0.3, -0.25) is 4.90 Å². The molecular formula is C20H29N3O2. The Hall–Kier alpha value is -1.69. The van der Waals surface area contributed by atoms with Crippen LogP contribution in [0.3, 0.4) is 0 Å². The van der Waals surface area contributed by atoms with E-state index in [4.69, 9.17) is 4.74 Å². The zero-order valence-corrected chi connectivity index (χ0v) is 15.7. The lowest BCUT2D eigenvalue weighted by Gasteiger charge is -2.50. The van der Waals surface area contributed by atoms with Gasteiger partial charge < -0.3 is 9.84 Å². The fraction of sp³-hybridized carbons (Fsp3) is 0.550. The number of ether oxygens (including phenoxy) is 1. The minimum Gasteiger partial charge on any atom is -0.387 e. The van der Waals surface area contributed by atoms with Crippen molar-refractivity contribution in [1.29, 1.82) is 0 Å². The molecule has 25 heavy (non-hydrogen) atoms. The molecule has 1 fully saturated rings. The molecule has 5 heteroatoms. The van der Waals surface area contributed by atoms with Crippen LogP contribution in [-0.2, 0) is 11.3 Å². The first-order chi connectivity index (χ1) is 11.8. The molecule has 1 atom stereocenters. The lowest BCUT2D eigenvalue weighted by molar-refractivity contribution is -0.151. The number of benzene rings is 1. The van der Waals surface area contributed by atoms with Crippen LogP contribution in [0, 0.1) is 12.3 Å². The molecule has 1 saturated heterocycles. The van der Waals surface area contributed by atoms with Gasteiger partial charge in [0.1, 0.15) is 0 Å². The highest BCUT2D eigenvalue weighted by Gasteiger charge is 2.47. The SMILES string of the molecule is COCC1(O)CCN(Cc2cnn(-c3cccc(C)c3)c2)CC1(C)C. The van der Waals surface area contributed by atoms with Crippen LogP contribution in [0.4, 0.5) is 0 Å². The molecular weight excluding hydrogens is 314 g/mol. The van der Waals surface area contributed by atoms with E-state index in [2.05, 4.69) is 61.2 Å². The second kappa shape index (κ2) is 6.90. The number of rotatable bonds is 5. The molecule has 136 valence electrons. The molecule has 1 aromatic carbocycles. The smallest absolute Gasteiger partial charge is 0.0954 e. The highest BCUT2D eigenvalue weighted by Crippen LogP contribution is 2.39. The Kier molecular flexibility index (Phi) is 5.00. The number of aliphatic hydroxyl groups is 1. The van der Waals surface area contributed by atoms with Crippen LogP contribution >= 0.6 is 0 Å². The summed E-state index contributed by atoms with van der Waals surface area (Å²) in [6, 6.07) is 8.34. The van der Waals surface area contributed by atoms with Gasteiger partial charge in [0, 0.05) is 43.9 Å². The quantitative estimate of drug-likeness (QED) is 0.907. The van der Waals surface area contributed by atoms with Crippen molar-refractivity contribution in [3.8, 4) is 5.69 Å². The molecule has 0 radical (unpaired) electrons. The Morgan fingerprint density at radius 2 is 2.12 bits per heavy atom. The number of nitrogens with zero attached hydrogens (tertiary/aromatic N) is 3. The van der Waals surface area contributed by atoms with E-state index in [0.29, 0.717) is 6.61 Å². The molecule has 3 rings (SSSR count). The Bertz CT molecular complexity index is 725. The van der Waals surface area contributed by atoms with Gasteiger partial charge in [0.25, 0.3) is 0 Å². The zero-order chi connectivity index (χ0) is 18.1. The maximum atomic E-state index is 10.9. The number of aryl methyl sites for hydroxylation is 1. The standard InChI is InChI=1S/C20H29N3O2/c1-16-6-5-7-18(10-16)23-13-17(11-21-23)12-22-9-8-20(24,15-25-4)19(2,3)14-22/h5-7,10-11,13,24H,8-9,12,14-15H2,1-4H3. The zero-order valence-electron chi connectivity index (χ0n) is 15.7. The summed E-state index contributed by atoms with van der Waals surface area (Å²) in [5, 5.41) is 15.4. The number of hydrogen-bond donors (Lipinski definition) is 1. The summed E-state index contributed by atoms with van der Waals surface area (Å²) in [4.78, 5) is 2.39. The molecule has 2 heterocycles. The minimum absolute atomic E-state index is 0.214. The third-order valence-corrected chi connectivity index (χ3v) is 5.41. The summed E-state index contributed by atoms with van der Waals surface area (Å²) in [6.07, 6.45) is 4.75. The average Bonchev–Trinajstić information content (AvgIpc) is 3.00. The predicted molar refractivity (Wildman–Crippen MR) is 98.8 cm³/mol. The largest absolute Gasteiger partial charge is 0.387 e. The van der Waals surface area contributed by atoms with E-state index >= 15 is 0 Å². The molecule has 1 aliphatic heterocycles. The highest BCUT2D eigenvalue weighted by molar-refractivity contribution is 5.35. The maximum Gasteiger partial charge on any atom is 0.0954 e. The number of likely N-dealkylation sites (tertiary alicyclic amines) is 1. The van der Waals surface area contributed by atoms with Crippen LogP contribution in [0.1, 0.15) is 31.4 Å². The van der Waals surface area contributed by atoms with Gasteiger partial charge in [-0.15, -0.1) is 0 Å². The summed E-state index contributed by atoms with van der Waals surface area (Å²) in [7, 11) is 1.65. The van der Waals surface area contributed by atoms with Gasteiger partial charge in [0.15, 0.2) is 0 Å². The number of aromatic nitrogens is 2. The first-order valence-electron chi connectivity index (χ1n) is 8.87. The van der Waals surface area contributed by atoms with Crippen molar-refractivity contribution >= 4 is 0 Å². The molecule has 1 N–H and O–H groups in total. The van der Waals surface area contributed by atoms with Crippen molar-refractivity contribution in [2.45, 2.75) is 39.3 Å². The van der Waals surface area contributed by atoms with Crippen molar-refractivity contribution in [3.63, 3.8) is 0 Å². The summed E-state index contributed by atoms with van der Waals surface area (Å²) >= 11 is 0. The van der Waals surface area contributed by atoms with Crippen LogP contribution in [0.2, 0.25) is 0 Å². The summed E-state index contributed by atoms with van der Waals surface area (Å²) in [6.45, 7) is 9.26. The van der Waals surface area contributed by atoms with Crippen LogP contribution in [0.15, 0.2) is 36.7 Å². The van der Waals surface area contributed by atoms with Crippen molar-refractivity contribution in [1.82, 2.24) is 14.7 Å². The van der Waals surface area contributed by atoms with Crippen molar-refractivity contribution in [2.75, 3.05) is 26.8 Å².